The molecule has 3 rings (SSSR count). The number of alkyl halides is 1. The van der Waals surface area contributed by atoms with Crippen molar-refractivity contribution in [2.75, 3.05) is 30.0 Å². The van der Waals surface area contributed by atoms with Crippen molar-refractivity contribution in [3.63, 3.8) is 0 Å². The number of anilines is 2. The molecule has 2 aromatic rings. The first-order chi connectivity index (χ1) is 10.7. The fourth-order valence-electron chi connectivity index (χ4n) is 2.13. The molecule has 3 heterocycles. The lowest BCUT2D eigenvalue weighted by molar-refractivity contribution is 0.158. The van der Waals surface area contributed by atoms with E-state index in [1.54, 1.807) is 12.4 Å². The number of rotatable bonds is 5. The number of fused-ring (bicyclic) bond motifs is 2. The Morgan fingerprint density at radius 1 is 1.00 bits per heavy atom. The maximum atomic E-state index is 5.92. The molecule has 0 saturated carbocycles. The molecule has 0 bridgehead atoms. The molecular formula is C14H12Br3N3O2. The van der Waals surface area contributed by atoms with Gasteiger partial charge in [-0.05, 0) is 31.9 Å². The van der Waals surface area contributed by atoms with Crippen LogP contribution in [0.2, 0.25) is 0 Å². The van der Waals surface area contributed by atoms with Gasteiger partial charge < -0.3 is 14.4 Å². The second kappa shape index (κ2) is 7.25. The molecule has 22 heavy (non-hydrogen) atoms. The zero-order chi connectivity index (χ0) is 15.5. The minimum absolute atomic E-state index is 0.583. The quantitative estimate of drug-likeness (QED) is 0.448. The third-order valence-corrected chi connectivity index (χ3v) is 4.20. The predicted molar refractivity (Wildman–Crippen MR) is 95.6 cm³/mol. The molecule has 116 valence electrons. The number of nitrogens with zero attached hydrogens (tertiary/aromatic N) is 3. The molecular weight excluding hydrogens is 482 g/mol. The molecule has 0 unspecified atom stereocenters. The molecule has 0 spiro atoms. The van der Waals surface area contributed by atoms with Crippen LogP contribution in [0, 0.1) is 0 Å². The molecule has 5 nitrogen and oxygen atoms in total. The number of hydrogen-bond donors (Lipinski definition) is 0. The largest absolute Gasteiger partial charge is 0.449 e. The monoisotopic (exact) mass is 491 g/mol. The summed E-state index contributed by atoms with van der Waals surface area (Å²) in [5.41, 5.74) is 0. The van der Waals surface area contributed by atoms with Gasteiger partial charge in [-0.1, -0.05) is 15.9 Å². The fraction of sp³-hybridized carbons (Fsp3) is 0.286. The smallest absolute Gasteiger partial charge is 0.177 e. The van der Waals surface area contributed by atoms with Crippen molar-refractivity contribution >= 4 is 59.4 Å². The second-order valence-corrected chi connectivity index (χ2v) is 7.13. The van der Waals surface area contributed by atoms with Gasteiger partial charge in [0.1, 0.15) is 0 Å². The molecule has 0 aromatic carbocycles. The van der Waals surface area contributed by atoms with E-state index in [0.29, 0.717) is 31.3 Å². The summed E-state index contributed by atoms with van der Waals surface area (Å²) in [4.78, 5) is 10.9. The highest BCUT2D eigenvalue weighted by molar-refractivity contribution is 9.10. The van der Waals surface area contributed by atoms with Gasteiger partial charge in [0.05, 0.1) is 13.2 Å². The SMILES string of the molecule is BrCCOCCN1c2ncc(Br)cc2Oc2cc(Br)cnc21. The maximum Gasteiger partial charge on any atom is 0.177 e. The van der Waals surface area contributed by atoms with Gasteiger partial charge in [0.2, 0.25) is 0 Å². The summed E-state index contributed by atoms with van der Waals surface area (Å²) >= 11 is 10.2. The average molecular weight is 494 g/mol. The van der Waals surface area contributed by atoms with Crippen LogP contribution in [0.4, 0.5) is 11.6 Å². The Balaban J connectivity index is 1.93. The number of ether oxygens (including phenoxy) is 2. The molecule has 0 N–H and O–H groups in total. The zero-order valence-electron chi connectivity index (χ0n) is 11.4. The van der Waals surface area contributed by atoms with Crippen molar-refractivity contribution in [3.8, 4) is 11.5 Å². The Bertz CT molecular complexity index is 633. The molecule has 0 fully saturated rings. The summed E-state index contributed by atoms with van der Waals surface area (Å²) in [6, 6.07) is 3.80. The van der Waals surface area contributed by atoms with E-state index < -0.39 is 0 Å². The van der Waals surface area contributed by atoms with Gasteiger partial charge in [0.25, 0.3) is 0 Å². The predicted octanol–water partition coefficient (Wildman–Crippen LogP) is 4.66. The normalized spacial score (nSPS) is 12.6. The van der Waals surface area contributed by atoms with E-state index >= 15 is 0 Å². The van der Waals surface area contributed by atoms with Gasteiger partial charge in [0.15, 0.2) is 23.1 Å². The maximum absolute atomic E-state index is 5.92. The van der Waals surface area contributed by atoms with Crippen LogP contribution in [0.15, 0.2) is 33.5 Å². The number of halogens is 3. The van der Waals surface area contributed by atoms with Gasteiger partial charge in [-0.2, -0.15) is 0 Å². The molecule has 1 aliphatic rings. The van der Waals surface area contributed by atoms with E-state index in [0.717, 1.165) is 25.9 Å². The Labute approximate surface area is 153 Å². The van der Waals surface area contributed by atoms with Gasteiger partial charge in [-0.25, -0.2) is 9.97 Å². The van der Waals surface area contributed by atoms with Crippen molar-refractivity contribution in [2.45, 2.75) is 0 Å². The van der Waals surface area contributed by atoms with E-state index in [1.807, 2.05) is 17.0 Å². The van der Waals surface area contributed by atoms with Crippen LogP contribution in [0.1, 0.15) is 0 Å². The summed E-state index contributed by atoms with van der Waals surface area (Å²) in [5.74, 6) is 2.88. The van der Waals surface area contributed by atoms with E-state index in [9.17, 15) is 0 Å². The van der Waals surface area contributed by atoms with E-state index in [4.69, 9.17) is 9.47 Å². The summed E-state index contributed by atoms with van der Waals surface area (Å²) in [6.07, 6.45) is 3.50. The molecule has 0 aliphatic carbocycles. The molecule has 0 radical (unpaired) electrons. The van der Waals surface area contributed by atoms with Crippen molar-refractivity contribution in [2.24, 2.45) is 0 Å². The Kier molecular flexibility index (Phi) is 5.33. The van der Waals surface area contributed by atoms with Gasteiger partial charge in [0, 0.05) is 45.3 Å². The van der Waals surface area contributed by atoms with E-state index in [-0.39, 0.29) is 0 Å². The number of hydrogen-bond acceptors (Lipinski definition) is 5. The van der Waals surface area contributed by atoms with Crippen LogP contribution in [-0.2, 0) is 4.74 Å². The van der Waals surface area contributed by atoms with Gasteiger partial charge in [-0.3, -0.25) is 0 Å². The van der Waals surface area contributed by atoms with Crippen molar-refractivity contribution in [1.29, 1.82) is 0 Å². The fourth-order valence-corrected chi connectivity index (χ4v) is 2.98. The Hall–Kier alpha value is -0.700. The molecule has 0 saturated heterocycles. The molecule has 0 atom stereocenters. The lowest BCUT2D eigenvalue weighted by Crippen LogP contribution is -2.27. The lowest BCUT2D eigenvalue weighted by Gasteiger charge is -2.30. The van der Waals surface area contributed by atoms with Crippen LogP contribution in [0.5, 0.6) is 11.5 Å². The third kappa shape index (κ3) is 3.45. The van der Waals surface area contributed by atoms with Crippen LogP contribution >= 0.6 is 47.8 Å². The highest BCUT2D eigenvalue weighted by Gasteiger charge is 2.27. The Morgan fingerprint density at radius 2 is 1.59 bits per heavy atom. The highest BCUT2D eigenvalue weighted by Crippen LogP contribution is 2.45. The minimum Gasteiger partial charge on any atom is -0.449 e. The van der Waals surface area contributed by atoms with E-state index in [2.05, 4.69) is 57.8 Å². The van der Waals surface area contributed by atoms with Crippen LogP contribution in [0.3, 0.4) is 0 Å². The standard InChI is InChI=1S/C14H12Br3N3O2/c15-1-3-21-4-2-20-13-11(5-9(16)7-18-13)22-12-6-10(17)8-19-14(12)20/h5-8H,1-4H2. The molecule has 1 aliphatic heterocycles. The first-order valence-corrected chi connectivity index (χ1v) is 9.30. The van der Waals surface area contributed by atoms with Gasteiger partial charge >= 0.3 is 0 Å². The molecule has 0 amide bonds. The molecule has 2 aromatic heterocycles. The topological polar surface area (TPSA) is 47.5 Å². The summed E-state index contributed by atoms with van der Waals surface area (Å²) < 4.78 is 13.2. The third-order valence-electron chi connectivity index (χ3n) is 3.01. The average Bonchev–Trinajstić information content (AvgIpc) is 2.50. The number of aromatic nitrogens is 2. The number of pyridine rings is 2. The van der Waals surface area contributed by atoms with Crippen molar-refractivity contribution in [3.05, 3.63) is 33.5 Å². The van der Waals surface area contributed by atoms with Gasteiger partial charge in [-0.15, -0.1) is 0 Å². The lowest BCUT2D eigenvalue weighted by atomic mass is 10.3. The molecule has 8 heteroatoms. The summed E-state index contributed by atoms with van der Waals surface area (Å²) in [6.45, 7) is 1.91. The summed E-state index contributed by atoms with van der Waals surface area (Å²) in [5, 5.41) is 0.819. The zero-order valence-corrected chi connectivity index (χ0v) is 16.2. The highest BCUT2D eigenvalue weighted by atomic mass is 79.9. The first kappa shape index (κ1) is 16.2. The van der Waals surface area contributed by atoms with E-state index in [1.165, 1.54) is 0 Å². The summed E-state index contributed by atoms with van der Waals surface area (Å²) in [7, 11) is 0. The van der Waals surface area contributed by atoms with Crippen LogP contribution in [0.25, 0.3) is 0 Å². The minimum atomic E-state index is 0.583. The van der Waals surface area contributed by atoms with Crippen molar-refractivity contribution in [1.82, 2.24) is 9.97 Å². The first-order valence-electron chi connectivity index (χ1n) is 6.59. The van der Waals surface area contributed by atoms with Crippen molar-refractivity contribution < 1.29 is 9.47 Å². The Morgan fingerprint density at radius 3 is 2.14 bits per heavy atom. The van der Waals surface area contributed by atoms with Crippen LogP contribution in [-0.4, -0.2) is 35.1 Å². The van der Waals surface area contributed by atoms with Crippen LogP contribution < -0.4 is 9.64 Å². The second-order valence-electron chi connectivity index (χ2n) is 4.51.